The Balaban J connectivity index is 1.91. The van der Waals surface area contributed by atoms with Gasteiger partial charge in [-0.3, -0.25) is 4.79 Å². The molecule has 1 saturated heterocycles. The summed E-state index contributed by atoms with van der Waals surface area (Å²) in [5.74, 6) is 0.365. The fourth-order valence-electron chi connectivity index (χ4n) is 3.51. The Labute approximate surface area is 111 Å². The van der Waals surface area contributed by atoms with Crippen LogP contribution < -0.4 is 5.73 Å². The van der Waals surface area contributed by atoms with E-state index in [1.807, 2.05) is 0 Å². The molecule has 0 spiro atoms. The summed E-state index contributed by atoms with van der Waals surface area (Å²) in [6.45, 7) is 2.63. The number of carbonyl (C=O) groups is 1. The minimum Gasteiger partial charge on any atom is -0.343 e. The molecular formula is C15H28N2O. The van der Waals surface area contributed by atoms with E-state index >= 15 is 0 Å². The summed E-state index contributed by atoms with van der Waals surface area (Å²) >= 11 is 0. The van der Waals surface area contributed by atoms with Crippen molar-refractivity contribution in [1.29, 1.82) is 0 Å². The van der Waals surface area contributed by atoms with E-state index in [0.717, 1.165) is 25.9 Å². The average molecular weight is 252 g/mol. The Morgan fingerprint density at radius 1 is 0.944 bits per heavy atom. The largest absolute Gasteiger partial charge is 0.343 e. The maximum Gasteiger partial charge on any atom is 0.223 e. The van der Waals surface area contributed by atoms with Crippen molar-refractivity contribution in [2.24, 2.45) is 11.1 Å². The molecule has 3 heteroatoms. The number of amides is 1. The molecule has 104 valence electrons. The summed E-state index contributed by atoms with van der Waals surface area (Å²) in [6, 6.07) is 0. The predicted molar refractivity (Wildman–Crippen MR) is 74.2 cm³/mol. The Morgan fingerprint density at radius 3 is 2.06 bits per heavy atom. The van der Waals surface area contributed by atoms with Crippen LogP contribution in [-0.2, 0) is 4.79 Å². The zero-order valence-electron chi connectivity index (χ0n) is 11.6. The molecule has 1 heterocycles. The third-order valence-corrected chi connectivity index (χ3v) is 4.83. The SMILES string of the molecule is NCC1(CC(=O)N2CCCCCC2)CCCCC1. The third kappa shape index (κ3) is 3.47. The van der Waals surface area contributed by atoms with Gasteiger partial charge in [0, 0.05) is 19.5 Å². The van der Waals surface area contributed by atoms with Crippen molar-refractivity contribution in [2.45, 2.75) is 64.2 Å². The van der Waals surface area contributed by atoms with Crippen LogP contribution in [0.4, 0.5) is 0 Å². The topological polar surface area (TPSA) is 46.3 Å². The molecule has 1 aliphatic carbocycles. The molecule has 0 aromatic carbocycles. The van der Waals surface area contributed by atoms with Crippen LogP contribution in [-0.4, -0.2) is 30.4 Å². The fraction of sp³-hybridized carbons (Fsp3) is 0.933. The van der Waals surface area contributed by atoms with Crippen molar-refractivity contribution >= 4 is 5.91 Å². The Morgan fingerprint density at radius 2 is 1.50 bits per heavy atom. The van der Waals surface area contributed by atoms with Crippen LogP contribution in [0.15, 0.2) is 0 Å². The first kappa shape index (κ1) is 13.9. The maximum atomic E-state index is 12.5. The molecule has 1 amide bonds. The first-order valence-electron chi connectivity index (χ1n) is 7.74. The number of carbonyl (C=O) groups excluding carboxylic acids is 1. The lowest BCUT2D eigenvalue weighted by molar-refractivity contribution is -0.134. The summed E-state index contributed by atoms with van der Waals surface area (Å²) in [5.41, 5.74) is 6.10. The lowest BCUT2D eigenvalue weighted by Gasteiger charge is -2.37. The lowest BCUT2D eigenvalue weighted by Crippen LogP contribution is -2.40. The molecule has 0 radical (unpaired) electrons. The number of rotatable bonds is 3. The summed E-state index contributed by atoms with van der Waals surface area (Å²) in [5, 5.41) is 0. The normalized spacial score (nSPS) is 24.6. The first-order chi connectivity index (χ1) is 8.76. The monoisotopic (exact) mass is 252 g/mol. The zero-order chi connectivity index (χ0) is 12.8. The van der Waals surface area contributed by atoms with E-state index in [1.54, 1.807) is 0 Å². The molecule has 2 rings (SSSR count). The van der Waals surface area contributed by atoms with Crippen LogP contribution in [0.3, 0.4) is 0 Å². The van der Waals surface area contributed by atoms with Gasteiger partial charge in [0.25, 0.3) is 0 Å². The molecule has 2 aliphatic rings. The molecule has 2 fully saturated rings. The van der Waals surface area contributed by atoms with Gasteiger partial charge in [0.1, 0.15) is 0 Å². The minimum atomic E-state index is 0.127. The van der Waals surface area contributed by atoms with Gasteiger partial charge in [-0.15, -0.1) is 0 Å². The standard InChI is InChI=1S/C15H28N2O/c16-13-15(8-4-3-5-9-15)12-14(18)17-10-6-1-2-7-11-17/h1-13,16H2. The van der Waals surface area contributed by atoms with Gasteiger partial charge < -0.3 is 10.6 Å². The van der Waals surface area contributed by atoms with E-state index < -0.39 is 0 Å². The van der Waals surface area contributed by atoms with Gasteiger partial charge in [0.15, 0.2) is 0 Å². The molecule has 18 heavy (non-hydrogen) atoms. The second-order valence-corrected chi connectivity index (χ2v) is 6.24. The van der Waals surface area contributed by atoms with Crippen molar-refractivity contribution in [1.82, 2.24) is 4.90 Å². The quantitative estimate of drug-likeness (QED) is 0.839. The van der Waals surface area contributed by atoms with Crippen LogP contribution in [0.1, 0.15) is 64.2 Å². The molecule has 0 aromatic rings. The first-order valence-corrected chi connectivity index (χ1v) is 7.74. The van der Waals surface area contributed by atoms with Crippen LogP contribution in [0, 0.1) is 5.41 Å². The van der Waals surface area contributed by atoms with Crippen molar-refractivity contribution in [2.75, 3.05) is 19.6 Å². The van der Waals surface area contributed by atoms with Crippen molar-refractivity contribution in [3.63, 3.8) is 0 Å². The second-order valence-electron chi connectivity index (χ2n) is 6.24. The molecule has 0 unspecified atom stereocenters. The van der Waals surface area contributed by atoms with E-state index in [4.69, 9.17) is 5.73 Å². The molecular weight excluding hydrogens is 224 g/mol. The van der Waals surface area contributed by atoms with Crippen molar-refractivity contribution in [3.05, 3.63) is 0 Å². The molecule has 1 saturated carbocycles. The highest BCUT2D eigenvalue weighted by atomic mass is 16.2. The van der Waals surface area contributed by atoms with Crippen LogP contribution in [0.2, 0.25) is 0 Å². The van der Waals surface area contributed by atoms with Gasteiger partial charge in [-0.1, -0.05) is 32.1 Å². The van der Waals surface area contributed by atoms with Gasteiger partial charge in [-0.05, 0) is 37.6 Å². The Hall–Kier alpha value is -0.570. The molecule has 0 atom stereocenters. The smallest absolute Gasteiger partial charge is 0.223 e. The van der Waals surface area contributed by atoms with Gasteiger partial charge in [-0.2, -0.15) is 0 Å². The van der Waals surface area contributed by atoms with Crippen LogP contribution in [0.5, 0.6) is 0 Å². The summed E-state index contributed by atoms with van der Waals surface area (Å²) in [7, 11) is 0. The van der Waals surface area contributed by atoms with Gasteiger partial charge in [-0.25, -0.2) is 0 Å². The van der Waals surface area contributed by atoms with Crippen molar-refractivity contribution in [3.8, 4) is 0 Å². The third-order valence-electron chi connectivity index (χ3n) is 4.83. The number of nitrogens with two attached hydrogens (primary N) is 1. The highest BCUT2D eigenvalue weighted by molar-refractivity contribution is 5.77. The summed E-state index contributed by atoms with van der Waals surface area (Å²) < 4.78 is 0. The highest BCUT2D eigenvalue weighted by Crippen LogP contribution is 2.38. The van der Waals surface area contributed by atoms with Gasteiger partial charge in [0.05, 0.1) is 0 Å². The molecule has 2 N–H and O–H groups in total. The minimum absolute atomic E-state index is 0.127. The second kappa shape index (κ2) is 6.55. The number of nitrogens with zero attached hydrogens (tertiary/aromatic N) is 1. The molecule has 1 aliphatic heterocycles. The van der Waals surface area contributed by atoms with Gasteiger partial charge >= 0.3 is 0 Å². The Kier molecular flexibility index (Phi) is 5.04. The van der Waals surface area contributed by atoms with Crippen LogP contribution >= 0.6 is 0 Å². The van der Waals surface area contributed by atoms with Crippen LogP contribution in [0.25, 0.3) is 0 Å². The zero-order valence-corrected chi connectivity index (χ0v) is 11.6. The van der Waals surface area contributed by atoms with E-state index in [1.165, 1.54) is 44.9 Å². The van der Waals surface area contributed by atoms with E-state index in [-0.39, 0.29) is 5.41 Å². The van der Waals surface area contributed by atoms with Crippen molar-refractivity contribution < 1.29 is 4.79 Å². The Bertz CT molecular complexity index is 264. The number of likely N-dealkylation sites (tertiary alicyclic amines) is 1. The summed E-state index contributed by atoms with van der Waals surface area (Å²) in [4.78, 5) is 14.5. The average Bonchev–Trinajstić information content (AvgIpc) is 2.68. The maximum absolute atomic E-state index is 12.5. The van der Waals surface area contributed by atoms with E-state index in [2.05, 4.69) is 4.90 Å². The number of hydrogen-bond donors (Lipinski definition) is 1. The van der Waals surface area contributed by atoms with E-state index in [0.29, 0.717) is 18.9 Å². The summed E-state index contributed by atoms with van der Waals surface area (Å²) in [6.07, 6.45) is 11.8. The van der Waals surface area contributed by atoms with Gasteiger partial charge in [0.2, 0.25) is 5.91 Å². The lowest BCUT2D eigenvalue weighted by atomic mass is 9.71. The predicted octanol–water partition coefficient (Wildman–Crippen LogP) is 2.69. The molecule has 3 nitrogen and oxygen atoms in total. The molecule has 0 bridgehead atoms. The fourth-order valence-corrected chi connectivity index (χ4v) is 3.51. The number of hydrogen-bond acceptors (Lipinski definition) is 2. The highest BCUT2D eigenvalue weighted by Gasteiger charge is 2.34. The van der Waals surface area contributed by atoms with E-state index in [9.17, 15) is 4.79 Å². The molecule has 0 aromatic heterocycles.